The fourth-order valence-corrected chi connectivity index (χ4v) is 3.56. The fraction of sp³-hybridized carbons (Fsp3) is 0.250. The number of benzene rings is 1. The van der Waals surface area contributed by atoms with Crippen molar-refractivity contribution >= 4 is 33.1 Å². The molecule has 8 heteroatoms. The lowest BCUT2D eigenvalue weighted by molar-refractivity contribution is -0.120. The van der Waals surface area contributed by atoms with E-state index in [0.29, 0.717) is 19.4 Å². The number of hydrogen-bond donors (Lipinski definition) is 2. The van der Waals surface area contributed by atoms with E-state index >= 15 is 0 Å². The van der Waals surface area contributed by atoms with E-state index in [1.807, 2.05) is 37.4 Å². The largest absolute Gasteiger partial charge is 0.361 e. The van der Waals surface area contributed by atoms with E-state index in [4.69, 9.17) is 0 Å². The summed E-state index contributed by atoms with van der Waals surface area (Å²) in [6.45, 7) is 2.43. The van der Waals surface area contributed by atoms with E-state index in [-0.39, 0.29) is 5.91 Å². The molecular weight excluding hydrogens is 324 g/mol. The molecule has 0 fully saturated rings. The molecule has 7 nitrogen and oxygen atoms in total. The Kier molecular flexibility index (Phi) is 3.73. The predicted octanol–water partition coefficient (Wildman–Crippen LogP) is 1.88. The third-order valence-electron chi connectivity index (χ3n) is 3.88. The van der Waals surface area contributed by atoms with Gasteiger partial charge in [0.25, 0.3) is 0 Å². The molecule has 0 spiro atoms. The van der Waals surface area contributed by atoms with Gasteiger partial charge in [0.1, 0.15) is 5.01 Å². The molecule has 4 aromatic rings. The number of H-pyrrole nitrogens is 1. The van der Waals surface area contributed by atoms with Crippen molar-refractivity contribution in [3.63, 3.8) is 0 Å². The minimum absolute atomic E-state index is 0.0129. The van der Waals surface area contributed by atoms with Crippen molar-refractivity contribution in [3.05, 3.63) is 46.9 Å². The van der Waals surface area contributed by atoms with Crippen LogP contribution in [-0.2, 0) is 17.6 Å². The van der Waals surface area contributed by atoms with Crippen LogP contribution in [0.25, 0.3) is 15.9 Å². The fourth-order valence-electron chi connectivity index (χ4n) is 2.68. The summed E-state index contributed by atoms with van der Waals surface area (Å²) >= 11 is 1.50. The first kappa shape index (κ1) is 14.8. The molecule has 3 heterocycles. The number of aromatic nitrogens is 5. The first-order chi connectivity index (χ1) is 11.7. The van der Waals surface area contributed by atoms with E-state index in [1.54, 1.807) is 4.52 Å². The van der Waals surface area contributed by atoms with Crippen molar-refractivity contribution in [2.75, 3.05) is 6.54 Å². The van der Waals surface area contributed by atoms with Crippen molar-refractivity contribution in [1.29, 1.82) is 0 Å². The zero-order valence-electron chi connectivity index (χ0n) is 13.1. The number of fused-ring (bicyclic) bond motifs is 2. The normalized spacial score (nSPS) is 11.4. The smallest absolute Gasteiger partial charge is 0.234 e. The van der Waals surface area contributed by atoms with Crippen LogP contribution < -0.4 is 5.32 Å². The van der Waals surface area contributed by atoms with Gasteiger partial charge in [-0.05, 0) is 18.6 Å². The van der Waals surface area contributed by atoms with Gasteiger partial charge in [-0.25, -0.2) is 0 Å². The highest BCUT2D eigenvalue weighted by Crippen LogP contribution is 2.18. The number of aromatic amines is 1. The van der Waals surface area contributed by atoms with Crippen LogP contribution in [0.15, 0.2) is 30.5 Å². The van der Waals surface area contributed by atoms with Crippen molar-refractivity contribution in [2.45, 2.75) is 19.8 Å². The van der Waals surface area contributed by atoms with Crippen LogP contribution in [0, 0.1) is 6.92 Å². The van der Waals surface area contributed by atoms with E-state index in [2.05, 4.69) is 25.6 Å². The van der Waals surface area contributed by atoms with Crippen LogP contribution in [0.5, 0.6) is 0 Å². The van der Waals surface area contributed by atoms with Gasteiger partial charge in [-0.1, -0.05) is 29.5 Å². The summed E-state index contributed by atoms with van der Waals surface area (Å²) in [6, 6.07) is 7.99. The van der Waals surface area contributed by atoms with E-state index in [9.17, 15) is 4.79 Å². The molecule has 0 aliphatic carbocycles. The SMILES string of the molecule is Cc1nnc2sc(CCNC(=O)Cc3c[nH]c4ccccc34)nn12. The molecule has 4 rings (SSSR count). The minimum Gasteiger partial charge on any atom is -0.361 e. The molecule has 0 atom stereocenters. The zero-order chi connectivity index (χ0) is 16.5. The predicted molar refractivity (Wildman–Crippen MR) is 92.1 cm³/mol. The number of amides is 1. The molecule has 0 saturated carbocycles. The van der Waals surface area contributed by atoms with Crippen molar-refractivity contribution in [2.24, 2.45) is 0 Å². The van der Waals surface area contributed by atoms with Crippen LogP contribution >= 0.6 is 11.3 Å². The van der Waals surface area contributed by atoms with Crippen LogP contribution in [-0.4, -0.2) is 37.2 Å². The topological polar surface area (TPSA) is 88.0 Å². The van der Waals surface area contributed by atoms with Gasteiger partial charge in [-0.2, -0.15) is 9.61 Å². The second kappa shape index (κ2) is 6.04. The maximum absolute atomic E-state index is 12.2. The molecule has 1 amide bonds. The third-order valence-corrected chi connectivity index (χ3v) is 4.83. The second-order valence-corrected chi connectivity index (χ2v) is 6.61. The summed E-state index contributed by atoms with van der Waals surface area (Å²) in [5.74, 6) is 0.787. The number of para-hydroxylation sites is 1. The van der Waals surface area contributed by atoms with Crippen LogP contribution in [0.4, 0.5) is 0 Å². The Bertz CT molecular complexity index is 1010. The molecule has 3 aromatic heterocycles. The summed E-state index contributed by atoms with van der Waals surface area (Å²) in [6.07, 6.45) is 2.96. The molecule has 0 saturated heterocycles. The Morgan fingerprint density at radius 3 is 3.08 bits per heavy atom. The lowest BCUT2D eigenvalue weighted by atomic mass is 10.1. The highest BCUT2D eigenvalue weighted by atomic mass is 32.1. The molecule has 122 valence electrons. The van der Waals surface area contributed by atoms with E-state index in [0.717, 1.165) is 32.3 Å². The number of hydrogen-bond acceptors (Lipinski definition) is 5. The average molecular weight is 340 g/mol. The highest BCUT2D eigenvalue weighted by molar-refractivity contribution is 7.16. The Hall–Kier alpha value is -2.74. The highest BCUT2D eigenvalue weighted by Gasteiger charge is 2.10. The van der Waals surface area contributed by atoms with Crippen molar-refractivity contribution in [3.8, 4) is 0 Å². The first-order valence-corrected chi connectivity index (χ1v) is 8.52. The average Bonchev–Trinajstić information content (AvgIpc) is 3.25. The van der Waals surface area contributed by atoms with Crippen molar-refractivity contribution in [1.82, 2.24) is 30.1 Å². The van der Waals surface area contributed by atoms with Crippen molar-refractivity contribution < 1.29 is 4.79 Å². The number of carbonyl (C=O) groups excluding carboxylic acids is 1. The molecule has 0 unspecified atom stereocenters. The first-order valence-electron chi connectivity index (χ1n) is 7.70. The van der Waals surface area contributed by atoms with Gasteiger partial charge >= 0.3 is 0 Å². The summed E-state index contributed by atoms with van der Waals surface area (Å²) in [5, 5.41) is 17.4. The van der Waals surface area contributed by atoms with E-state index < -0.39 is 0 Å². The Morgan fingerprint density at radius 1 is 1.33 bits per heavy atom. The molecule has 0 aliphatic heterocycles. The van der Waals surface area contributed by atoms with Gasteiger partial charge < -0.3 is 10.3 Å². The van der Waals surface area contributed by atoms with Gasteiger partial charge in [-0.3, -0.25) is 4.79 Å². The summed E-state index contributed by atoms with van der Waals surface area (Å²) in [7, 11) is 0. The summed E-state index contributed by atoms with van der Waals surface area (Å²) < 4.78 is 1.73. The Balaban J connectivity index is 1.34. The lowest BCUT2D eigenvalue weighted by Crippen LogP contribution is -2.27. The maximum atomic E-state index is 12.2. The monoisotopic (exact) mass is 340 g/mol. The summed E-state index contributed by atoms with van der Waals surface area (Å²) in [4.78, 5) is 16.1. The Labute approximate surface area is 141 Å². The standard InChI is InChI=1S/C16H16N6OS/c1-10-19-20-16-22(10)21-15(24-16)6-7-17-14(23)8-11-9-18-13-5-3-2-4-12(11)13/h2-5,9,18H,6-8H2,1H3,(H,17,23). The second-order valence-electron chi connectivity index (χ2n) is 5.57. The van der Waals surface area contributed by atoms with Crippen LogP contribution in [0.2, 0.25) is 0 Å². The maximum Gasteiger partial charge on any atom is 0.234 e. The molecular formula is C16H16N6OS. The molecule has 0 radical (unpaired) electrons. The number of nitrogens with one attached hydrogen (secondary N) is 2. The molecule has 1 aromatic carbocycles. The van der Waals surface area contributed by atoms with E-state index in [1.165, 1.54) is 11.3 Å². The third kappa shape index (κ3) is 2.76. The summed E-state index contributed by atoms with van der Waals surface area (Å²) in [5.41, 5.74) is 2.06. The molecule has 24 heavy (non-hydrogen) atoms. The van der Waals surface area contributed by atoms with Gasteiger partial charge in [0.2, 0.25) is 10.9 Å². The number of nitrogens with zero attached hydrogens (tertiary/aromatic N) is 4. The number of aryl methyl sites for hydroxylation is 1. The van der Waals surface area contributed by atoms with Crippen LogP contribution in [0.1, 0.15) is 16.4 Å². The van der Waals surface area contributed by atoms with Crippen LogP contribution in [0.3, 0.4) is 0 Å². The Morgan fingerprint density at radius 2 is 2.21 bits per heavy atom. The molecule has 2 N–H and O–H groups in total. The number of rotatable bonds is 5. The zero-order valence-corrected chi connectivity index (χ0v) is 13.9. The van der Waals surface area contributed by atoms with Gasteiger partial charge in [-0.15, -0.1) is 10.2 Å². The molecule has 0 aliphatic rings. The van der Waals surface area contributed by atoms with Gasteiger partial charge in [0.15, 0.2) is 5.82 Å². The van der Waals surface area contributed by atoms with Gasteiger partial charge in [0.05, 0.1) is 6.42 Å². The number of carbonyl (C=O) groups is 1. The quantitative estimate of drug-likeness (QED) is 0.581. The lowest BCUT2D eigenvalue weighted by Gasteiger charge is -2.03. The minimum atomic E-state index is 0.0129. The van der Waals surface area contributed by atoms with Gasteiger partial charge in [0, 0.05) is 30.1 Å². The molecule has 0 bridgehead atoms.